The molecule has 1 aromatic heterocycles. The summed E-state index contributed by atoms with van der Waals surface area (Å²) in [7, 11) is 0. The van der Waals surface area contributed by atoms with Crippen LogP contribution in [-0.4, -0.2) is 29.9 Å². The van der Waals surface area contributed by atoms with Gasteiger partial charge in [-0.3, -0.25) is 4.79 Å². The summed E-state index contributed by atoms with van der Waals surface area (Å²) >= 11 is 1.72. The first-order valence-electron chi connectivity index (χ1n) is 7.33. The molecule has 1 fully saturated rings. The van der Waals surface area contributed by atoms with Crippen LogP contribution in [0.5, 0.6) is 0 Å². The number of nitrogens with zero attached hydrogens (tertiary/aromatic N) is 1. The van der Waals surface area contributed by atoms with Crippen LogP contribution in [0.1, 0.15) is 22.3 Å². The highest BCUT2D eigenvalue weighted by molar-refractivity contribution is 7.07. The van der Waals surface area contributed by atoms with Crippen LogP contribution >= 0.6 is 11.3 Å². The fraction of sp³-hybridized carbons (Fsp3) is 0.353. The van der Waals surface area contributed by atoms with Crippen molar-refractivity contribution < 1.29 is 4.79 Å². The molecule has 0 spiro atoms. The van der Waals surface area contributed by atoms with Crippen molar-refractivity contribution in [2.75, 3.05) is 13.1 Å². The molecule has 3 nitrogen and oxygen atoms in total. The molecule has 3 rings (SSSR count). The second-order valence-corrected chi connectivity index (χ2v) is 6.55. The van der Waals surface area contributed by atoms with E-state index in [1.54, 1.807) is 11.3 Å². The van der Waals surface area contributed by atoms with E-state index < -0.39 is 0 Å². The standard InChI is InChI=1S/C17H20N2OS/c18-16-9-14(8-13-6-7-21-12-13)10-19(11-16)17(20)15-4-2-1-3-5-15/h1-7,12,14,16H,8-11,18H2. The van der Waals surface area contributed by atoms with Crippen LogP contribution in [0.25, 0.3) is 0 Å². The molecule has 21 heavy (non-hydrogen) atoms. The Morgan fingerprint density at radius 3 is 2.76 bits per heavy atom. The lowest BCUT2D eigenvalue weighted by Gasteiger charge is -2.36. The van der Waals surface area contributed by atoms with Gasteiger partial charge in [0, 0.05) is 24.7 Å². The normalized spacial score (nSPS) is 22.2. The van der Waals surface area contributed by atoms with Gasteiger partial charge in [-0.25, -0.2) is 0 Å². The van der Waals surface area contributed by atoms with Crippen molar-refractivity contribution >= 4 is 17.2 Å². The smallest absolute Gasteiger partial charge is 0.253 e. The minimum Gasteiger partial charge on any atom is -0.337 e. The Balaban J connectivity index is 1.69. The average molecular weight is 300 g/mol. The zero-order valence-corrected chi connectivity index (χ0v) is 12.8. The molecule has 0 aliphatic carbocycles. The van der Waals surface area contributed by atoms with E-state index in [2.05, 4.69) is 16.8 Å². The molecule has 1 aliphatic rings. The predicted molar refractivity (Wildman–Crippen MR) is 86.5 cm³/mol. The Kier molecular flexibility index (Phi) is 4.36. The molecule has 1 aromatic carbocycles. The molecule has 2 heterocycles. The quantitative estimate of drug-likeness (QED) is 0.947. The molecule has 0 saturated carbocycles. The van der Waals surface area contributed by atoms with Gasteiger partial charge in [0.05, 0.1) is 0 Å². The molecule has 1 amide bonds. The summed E-state index contributed by atoms with van der Waals surface area (Å²) in [6.07, 6.45) is 2.00. The van der Waals surface area contributed by atoms with E-state index in [0.717, 1.165) is 24.9 Å². The van der Waals surface area contributed by atoms with Crippen LogP contribution in [-0.2, 0) is 6.42 Å². The number of hydrogen-bond donors (Lipinski definition) is 1. The maximum absolute atomic E-state index is 12.6. The third kappa shape index (κ3) is 3.52. The highest BCUT2D eigenvalue weighted by Crippen LogP contribution is 2.22. The number of carbonyl (C=O) groups excluding carboxylic acids is 1. The number of piperidine rings is 1. The lowest BCUT2D eigenvalue weighted by atomic mass is 9.89. The van der Waals surface area contributed by atoms with Crippen LogP contribution in [0, 0.1) is 5.92 Å². The molecule has 0 radical (unpaired) electrons. The van der Waals surface area contributed by atoms with Crippen LogP contribution in [0.2, 0.25) is 0 Å². The van der Waals surface area contributed by atoms with E-state index in [4.69, 9.17) is 5.73 Å². The predicted octanol–water partition coefficient (Wildman–Crippen LogP) is 2.78. The van der Waals surface area contributed by atoms with Crippen molar-refractivity contribution in [1.82, 2.24) is 4.90 Å². The first-order valence-corrected chi connectivity index (χ1v) is 8.27. The second kappa shape index (κ2) is 6.41. The Morgan fingerprint density at radius 1 is 1.24 bits per heavy atom. The molecule has 1 aliphatic heterocycles. The van der Waals surface area contributed by atoms with Gasteiger partial charge in [-0.05, 0) is 53.3 Å². The average Bonchev–Trinajstić information content (AvgIpc) is 2.99. The number of hydrogen-bond acceptors (Lipinski definition) is 3. The van der Waals surface area contributed by atoms with E-state index in [9.17, 15) is 4.79 Å². The topological polar surface area (TPSA) is 46.3 Å². The Bertz CT molecular complexity index is 582. The number of likely N-dealkylation sites (tertiary alicyclic amines) is 1. The third-order valence-corrected chi connectivity index (χ3v) is 4.71. The summed E-state index contributed by atoms with van der Waals surface area (Å²) in [4.78, 5) is 14.5. The van der Waals surface area contributed by atoms with Crippen LogP contribution < -0.4 is 5.73 Å². The van der Waals surface area contributed by atoms with Gasteiger partial charge in [0.1, 0.15) is 0 Å². The van der Waals surface area contributed by atoms with Crippen LogP contribution in [0.15, 0.2) is 47.2 Å². The third-order valence-electron chi connectivity index (χ3n) is 3.98. The molecular formula is C17H20N2OS. The molecule has 110 valence electrons. The monoisotopic (exact) mass is 300 g/mol. The second-order valence-electron chi connectivity index (χ2n) is 5.77. The molecule has 2 N–H and O–H groups in total. The summed E-state index contributed by atoms with van der Waals surface area (Å²) in [6, 6.07) is 11.7. The van der Waals surface area contributed by atoms with E-state index in [1.165, 1.54) is 5.56 Å². The maximum atomic E-state index is 12.6. The van der Waals surface area contributed by atoms with Crippen molar-refractivity contribution in [3.05, 3.63) is 58.3 Å². The van der Waals surface area contributed by atoms with Gasteiger partial charge in [0.15, 0.2) is 0 Å². The fourth-order valence-corrected chi connectivity index (χ4v) is 3.75. The minimum absolute atomic E-state index is 0.0787. The summed E-state index contributed by atoms with van der Waals surface area (Å²) < 4.78 is 0. The highest BCUT2D eigenvalue weighted by atomic mass is 32.1. The summed E-state index contributed by atoms with van der Waals surface area (Å²) in [5.74, 6) is 0.553. The van der Waals surface area contributed by atoms with Crippen molar-refractivity contribution in [2.45, 2.75) is 18.9 Å². The maximum Gasteiger partial charge on any atom is 0.253 e. The molecule has 2 unspecified atom stereocenters. The van der Waals surface area contributed by atoms with E-state index in [0.29, 0.717) is 12.5 Å². The van der Waals surface area contributed by atoms with Gasteiger partial charge >= 0.3 is 0 Å². The molecule has 2 aromatic rings. The largest absolute Gasteiger partial charge is 0.337 e. The van der Waals surface area contributed by atoms with E-state index >= 15 is 0 Å². The number of benzene rings is 1. The van der Waals surface area contributed by atoms with Gasteiger partial charge in [0.25, 0.3) is 5.91 Å². The van der Waals surface area contributed by atoms with Gasteiger partial charge in [0.2, 0.25) is 0 Å². The SMILES string of the molecule is NC1CC(Cc2ccsc2)CN(C(=O)c2ccccc2)C1. The van der Waals surface area contributed by atoms with Gasteiger partial charge < -0.3 is 10.6 Å². The first kappa shape index (κ1) is 14.3. The van der Waals surface area contributed by atoms with Gasteiger partial charge in [-0.15, -0.1) is 0 Å². The zero-order chi connectivity index (χ0) is 14.7. The van der Waals surface area contributed by atoms with Crippen LogP contribution in [0.4, 0.5) is 0 Å². The van der Waals surface area contributed by atoms with Crippen molar-refractivity contribution in [3.8, 4) is 0 Å². The summed E-state index contributed by atoms with van der Waals surface area (Å²) in [5, 5.41) is 4.29. The Hall–Kier alpha value is -1.65. The van der Waals surface area contributed by atoms with Crippen molar-refractivity contribution in [2.24, 2.45) is 11.7 Å². The molecule has 4 heteroatoms. The Labute approximate surface area is 129 Å². The molecule has 1 saturated heterocycles. The summed E-state index contributed by atoms with van der Waals surface area (Å²) in [5.41, 5.74) is 8.27. The fourth-order valence-electron chi connectivity index (χ4n) is 3.07. The van der Waals surface area contributed by atoms with Gasteiger partial charge in [-0.2, -0.15) is 11.3 Å². The number of nitrogens with two attached hydrogens (primary N) is 1. The first-order chi connectivity index (χ1) is 10.2. The number of amides is 1. The Morgan fingerprint density at radius 2 is 2.05 bits per heavy atom. The summed E-state index contributed by atoms with van der Waals surface area (Å²) in [6.45, 7) is 1.46. The van der Waals surface area contributed by atoms with Crippen molar-refractivity contribution in [3.63, 3.8) is 0 Å². The molecule has 2 atom stereocenters. The van der Waals surface area contributed by atoms with Crippen molar-refractivity contribution in [1.29, 1.82) is 0 Å². The van der Waals surface area contributed by atoms with E-state index in [-0.39, 0.29) is 11.9 Å². The molecular weight excluding hydrogens is 280 g/mol. The van der Waals surface area contributed by atoms with E-state index in [1.807, 2.05) is 35.2 Å². The number of carbonyl (C=O) groups is 1. The lowest BCUT2D eigenvalue weighted by molar-refractivity contribution is 0.0649. The zero-order valence-electron chi connectivity index (χ0n) is 11.9. The van der Waals surface area contributed by atoms with Crippen LogP contribution in [0.3, 0.4) is 0 Å². The molecule has 0 bridgehead atoms. The number of rotatable bonds is 3. The van der Waals surface area contributed by atoms with Gasteiger partial charge in [-0.1, -0.05) is 18.2 Å². The highest BCUT2D eigenvalue weighted by Gasteiger charge is 2.28. The minimum atomic E-state index is 0.0787. The lowest BCUT2D eigenvalue weighted by Crippen LogP contribution is -2.49. The number of thiophene rings is 1.